The third kappa shape index (κ3) is 4.41. The molecule has 10 heteroatoms. The highest BCUT2D eigenvalue weighted by Gasteiger charge is 2.20. The summed E-state index contributed by atoms with van der Waals surface area (Å²) in [5.74, 6) is 0.636. The predicted octanol–water partition coefficient (Wildman–Crippen LogP) is 3.59. The third-order valence-electron chi connectivity index (χ3n) is 5.61. The molecule has 1 aromatic carbocycles. The van der Waals surface area contributed by atoms with E-state index in [-0.39, 0.29) is 24.0 Å². The first-order chi connectivity index (χ1) is 15.8. The molecule has 172 valence electrons. The molecule has 3 heterocycles. The molecule has 4 aromatic rings. The highest BCUT2D eigenvalue weighted by atomic mass is 19.1. The van der Waals surface area contributed by atoms with Crippen LogP contribution < -0.4 is 10.1 Å². The van der Waals surface area contributed by atoms with Gasteiger partial charge >= 0.3 is 0 Å². The molecule has 0 aliphatic rings. The fourth-order valence-electron chi connectivity index (χ4n) is 3.85. The summed E-state index contributed by atoms with van der Waals surface area (Å²) in [5, 5.41) is 12.0. The maximum Gasteiger partial charge on any atom is 0.249 e. The molecule has 3 aromatic heterocycles. The Hall–Kier alpha value is -3.82. The molecule has 0 aliphatic carbocycles. The van der Waals surface area contributed by atoms with Crippen molar-refractivity contribution >= 4 is 16.9 Å². The number of aromatic nitrogens is 5. The number of nitrogens with one attached hydrogen (secondary N) is 1. The van der Waals surface area contributed by atoms with Crippen molar-refractivity contribution in [3.63, 3.8) is 0 Å². The molecule has 1 unspecified atom stereocenters. The molecule has 0 saturated heterocycles. The van der Waals surface area contributed by atoms with Gasteiger partial charge in [0.25, 0.3) is 0 Å². The van der Waals surface area contributed by atoms with E-state index in [0.29, 0.717) is 23.7 Å². The summed E-state index contributed by atoms with van der Waals surface area (Å²) in [5.41, 5.74) is 4.23. The molecular formula is C23H25FN6O3. The van der Waals surface area contributed by atoms with Gasteiger partial charge in [-0.1, -0.05) is 5.16 Å². The maximum absolute atomic E-state index is 13.1. The SMILES string of the molecule is COc1nn(C)c2nc(C)c(CCC(=O)NC(C)c3nc(-c4ccc(F)cc4)no3)c(C)c12. The van der Waals surface area contributed by atoms with Crippen LogP contribution in [0.15, 0.2) is 28.8 Å². The lowest BCUT2D eigenvalue weighted by Gasteiger charge is -2.13. The van der Waals surface area contributed by atoms with Gasteiger partial charge in [-0.2, -0.15) is 4.98 Å². The molecule has 33 heavy (non-hydrogen) atoms. The lowest BCUT2D eigenvalue weighted by molar-refractivity contribution is -0.121. The Morgan fingerprint density at radius 3 is 2.67 bits per heavy atom. The minimum absolute atomic E-state index is 0.152. The molecule has 1 amide bonds. The first-order valence-electron chi connectivity index (χ1n) is 10.5. The van der Waals surface area contributed by atoms with Crippen molar-refractivity contribution in [3.05, 3.63) is 52.8 Å². The molecule has 1 atom stereocenters. The van der Waals surface area contributed by atoms with Crippen LogP contribution in [0.4, 0.5) is 4.39 Å². The number of methoxy groups -OCH3 is 1. The van der Waals surface area contributed by atoms with Crippen LogP contribution in [0.5, 0.6) is 5.88 Å². The number of amides is 1. The summed E-state index contributed by atoms with van der Waals surface area (Å²) in [7, 11) is 3.40. The highest BCUT2D eigenvalue weighted by Crippen LogP contribution is 2.30. The summed E-state index contributed by atoms with van der Waals surface area (Å²) in [6.45, 7) is 5.69. The van der Waals surface area contributed by atoms with Gasteiger partial charge in [0.2, 0.25) is 23.5 Å². The second-order valence-corrected chi connectivity index (χ2v) is 7.88. The smallest absolute Gasteiger partial charge is 0.249 e. The topological polar surface area (TPSA) is 108 Å². The van der Waals surface area contributed by atoms with E-state index >= 15 is 0 Å². The average Bonchev–Trinajstić information content (AvgIpc) is 3.39. The third-order valence-corrected chi connectivity index (χ3v) is 5.61. The van der Waals surface area contributed by atoms with Crippen molar-refractivity contribution in [2.24, 2.45) is 7.05 Å². The van der Waals surface area contributed by atoms with Gasteiger partial charge in [-0.05, 0) is 62.6 Å². The van der Waals surface area contributed by atoms with Crippen molar-refractivity contribution in [1.82, 2.24) is 30.2 Å². The molecule has 0 saturated carbocycles. The van der Waals surface area contributed by atoms with Gasteiger partial charge < -0.3 is 14.6 Å². The second-order valence-electron chi connectivity index (χ2n) is 7.88. The Morgan fingerprint density at radius 1 is 1.24 bits per heavy atom. The quantitative estimate of drug-likeness (QED) is 0.456. The summed E-state index contributed by atoms with van der Waals surface area (Å²) >= 11 is 0. The summed E-state index contributed by atoms with van der Waals surface area (Å²) < 4.78 is 25.5. The van der Waals surface area contributed by atoms with Crippen molar-refractivity contribution in [1.29, 1.82) is 0 Å². The van der Waals surface area contributed by atoms with Crippen LogP contribution in [-0.4, -0.2) is 37.9 Å². The number of ether oxygens (including phenoxy) is 1. The Kier molecular flexibility index (Phi) is 6.08. The Balaban J connectivity index is 1.43. The fraction of sp³-hybridized carbons (Fsp3) is 0.348. The number of aryl methyl sites for hydroxylation is 3. The molecule has 0 bridgehead atoms. The molecule has 0 fully saturated rings. The largest absolute Gasteiger partial charge is 0.479 e. The van der Waals surface area contributed by atoms with E-state index in [1.807, 2.05) is 20.9 Å². The van der Waals surface area contributed by atoms with Crippen molar-refractivity contribution in [2.75, 3.05) is 7.11 Å². The first-order valence-corrected chi connectivity index (χ1v) is 10.5. The normalized spacial score (nSPS) is 12.2. The molecule has 4 rings (SSSR count). The van der Waals surface area contributed by atoms with Crippen molar-refractivity contribution in [3.8, 4) is 17.3 Å². The van der Waals surface area contributed by atoms with E-state index in [1.165, 1.54) is 12.1 Å². The van der Waals surface area contributed by atoms with Crippen molar-refractivity contribution < 1.29 is 18.4 Å². The van der Waals surface area contributed by atoms with Crippen LogP contribution in [0.1, 0.15) is 42.1 Å². The molecule has 0 spiro atoms. The number of carbonyl (C=O) groups is 1. The number of halogens is 1. The zero-order valence-corrected chi connectivity index (χ0v) is 19.1. The van der Waals surface area contributed by atoms with E-state index in [2.05, 4.69) is 25.5 Å². The zero-order valence-electron chi connectivity index (χ0n) is 19.1. The Labute approximate surface area is 190 Å². The second kappa shape index (κ2) is 8.97. The summed E-state index contributed by atoms with van der Waals surface area (Å²) in [6, 6.07) is 5.32. The lowest BCUT2D eigenvalue weighted by atomic mass is 10.00. The van der Waals surface area contributed by atoms with Gasteiger partial charge in [-0.15, -0.1) is 5.10 Å². The highest BCUT2D eigenvalue weighted by molar-refractivity contribution is 5.86. The van der Waals surface area contributed by atoms with Gasteiger partial charge in [0, 0.05) is 24.7 Å². The van der Waals surface area contributed by atoms with E-state index in [9.17, 15) is 9.18 Å². The fourth-order valence-corrected chi connectivity index (χ4v) is 3.85. The van der Waals surface area contributed by atoms with Gasteiger partial charge in [0.05, 0.1) is 12.5 Å². The summed E-state index contributed by atoms with van der Waals surface area (Å²) in [4.78, 5) is 21.6. The molecular weight excluding hydrogens is 427 g/mol. The number of nitrogens with zero attached hydrogens (tertiary/aromatic N) is 5. The number of hydrogen-bond acceptors (Lipinski definition) is 7. The standard InChI is InChI=1S/C23H25FN6O3/c1-12-17(13(2)26-21-19(12)23(32-5)28-30(21)4)10-11-18(31)25-14(3)22-27-20(29-33-22)15-6-8-16(24)9-7-15/h6-9,14H,10-11H2,1-5H3,(H,25,31). The number of hydrogen-bond donors (Lipinski definition) is 1. The van der Waals surface area contributed by atoms with Crippen molar-refractivity contribution in [2.45, 2.75) is 39.7 Å². The van der Waals surface area contributed by atoms with Gasteiger partial charge in [0.1, 0.15) is 11.9 Å². The average molecular weight is 452 g/mol. The Morgan fingerprint density at radius 2 is 1.97 bits per heavy atom. The van der Waals surface area contributed by atoms with E-state index in [0.717, 1.165) is 27.9 Å². The van der Waals surface area contributed by atoms with Crippen LogP contribution in [0.2, 0.25) is 0 Å². The van der Waals surface area contributed by atoms with E-state index < -0.39 is 6.04 Å². The summed E-state index contributed by atoms with van der Waals surface area (Å²) in [6.07, 6.45) is 0.780. The number of rotatable bonds is 7. The van der Waals surface area contributed by atoms with Crippen LogP contribution in [0.25, 0.3) is 22.4 Å². The lowest BCUT2D eigenvalue weighted by Crippen LogP contribution is -2.27. The maximum atomic E-state index is 13.1. The van der Waals surface area contributed by atoms with Crippen LogP contribution in [0.3, 0.4) is 0 Å². The van der Waals surface area contributed by atoms with E-state index in [4.69, 9.17) is 9.26 Å². The first kappa shape index (κ1) is 22.4. The minimum atomic E-state index is -0.472. The predicted molar refractivity (Wildman–Crippen MR) is 119 cm³/mol. The number of fused-ring (bicyclic) bond motifs is 1. The van der Waals surface area contributed by atoms with Crippen LogP contribution in [0, 0.1) is 19.7 Å². The van der Waals surface area contributed by atoms with Gasteiger partial charge in [-0.25, -0.2) is 14.1 Å². The number of pyridine rings is 1. The molecule has 0 radical (unpaired) electrons. The number of benzene rings is 1. The van der Waals surface area contributed by atoms with Crippen LogP contribution >= 0.6 is 0 Å². The minimum Gasteiger partial charge on any atom is -0.479 e. The monoisotopic (exact) mass is 452 g/mol. The van der Waals surface area contributed by atoms with Gasteiger partial charge in [-0.3, -0.25) is 4.79 Å². The molecule has 9 nitrogen and oxygen atoms in total. The molecule has 1 N–H and O–H groups in total. The van der Waals surface area contributed by atoms with Crippen LogP contribution in [-0.2, 0) is 18.3 Å². The van der Waals surface area contributed by atoms with E-state index in [1.54, 1.807) is 30.8 Å². The Bertz CT molecular complexity index is 1310. The molecule has 0 aliphatic heterocycles. The van der Waals surface area contributed by atoms with Gasteiger partial charge in [0.15, 0.2) is 5.65 Å². The zero-order chi connectivity index (χ0) is 23.7. The number of carbonyl (C=O) groups excluding carboxylic acids is 1.